The molecule has 0 bridgehead atoms. The molecule has 1 heterocycles. The molecule has 11 nitrogen and oxygen atoms in total. The quantitative estimate of drug-likeness (QED) is 0.153. The summed E-state index contributed by atoms with van der Waals surface area (Å²) < 4.78 is 35.2. The number of hydrogen-bond donors (Lipinski definition) is 4. The SMILES string of the molecule is C[C@@H]1CN([C@@H](C)CO)C(=O)c2cc(NS(=O)(=O)c3ccc(Cl)cc3)ccc2O[C@@H]1CN(C)Cc1ccc(C(=O)Nc2ccccc2N)cc1. The third-order valence-corrected chi connectivity index (χ3v) is 10.1. The summed E-state index contributed by atoms with van der Waals surface area (Å²) in [4.78, 5) is 30.3. The summed E-state index contributed by atoms with van der Waals surface area (Å²) >= 11 is 5.93. The zero-order valence-electron chi connectivity index (χ0n) is 27.5. The lowest BCUT2D eigenvalue weighted by molar-refractivity contribution is 0.0341. The number of carbonyl (C=O) groups excluding carboxylic acids is 2. The highest BCUT2D eigenvalue weighted by Crippen LogP contribution is 2.32. The first-order valence-corrected chi connectivity index (χ1v) is 17.6. The van der Waals surface area contributed by atoms with E-state index in [1.165, 1.54) is 30.3 Å². The fraction of sp³-hybridized carbons (Fsp3) is 0.278. The molecular formula is C36H40ClN5O6S. The summed E-state index contributed by atoms with van der Waals surface area (Å²) in [7, 11) is -2.00. The van der Waals surface area contributed by atoms with Crippen molar-refractivity contribution in [2.75, 3.05) is 42.5 Å². The molecule has 5 rings (SSSR count). The third-order valence-electron chi connectivity index (χ3n) is 8.41. The van der Waals surface area contributed by atoms with Crippen molar-refractivity contribution in [1.82, 2.24) is 9.80 Å². The smallest absolute Gasteiger partial charge is 0.261 e. The zero-order chi connectivity index (χ0) is 35.3. The van der Waals surface area contributed by atoms with Crippen LogP contribution in [0, 0.1) is 5.92 Å². The number of nitrogen functional groups attached to an aromatic ring is 1. The number of ether oxygens (including phenoxy) is 1. The Balaban J connectivity index is 1.32. The predicted molar refractivity (Wildman–Crippen MR) is 191 cm³/mol. The molecule has 0 spiro atoms. The second kappa shape index (κ2) is 15.3. The van der Waals surface area contributed by atoms with Crippen LogP contribution < -0.4 is 20.5 Å². The number of fused-ring (bicyclic) bond motifs is 1. The van der Waals surface area contributed by atoms with Gasteiger partial charge in [0.15, 0.2) is 0 Å². The average Bonchev–Trinajstić information content (AvgIpc) is 3.07. The van der Waals surface area contributed by atoms with Gasteiger partial charge in [-0.1, -0.05) is 42.8 Å². The Morgan fingerprint density at radius 1 is 1.08 bits per heavy atom. The second-order valence-electron chi connectivity index (χ2n) is 12.3. The van der Waals surface area contributed by atoms with E-state index in [1.807, 2.05) is 26.1 Å². The van der Waals surface area contributed by atoms with Gasteiger partial charge in [-0.15, -0.1) is 0 Å². The number of benzene rings is 4. The number of nitrogens with zero attached hydrogens (tertiary/aromatic N) is 2. The van der Waals surface area contributed by atoms with Crippen LogP contribution in [0.3, 0.4) is 0 Å². The van der Waals surface area contributed by atoms with E-state index >= 15 is 0 Å². The van der Waals surface area contributed by atoms with Gasteiger partial charge in [0, 0.05) is 41.8 Å². The number of aliphatic hydroxyl groups is 1. The predicted octanol–water partition coefficient (Wildman–Crippen LogP) is 5.33. The number of hydrogen-bond acceptors (Lipinski definition) is 8. The first-order chi connectivity index (χ1) is 23.3. The highest BCUT2D eigenvalue weighted by atomic mass is 35.5. The molecule has 0 saturated carbocycles. The molecule has 4 aromatic rings. The zero-order valence-corrected chi connectivity index (χ0v) is 29.0. The molecule has 3 atom stereocenters. The van der Waals surface area contributed by atoms with Crippen molar-refractivity contribution in [3.8, 4) is 5.75 Å². The summed E-state index contributed by atoms with van der Waals surface area (Å²) in [5, 5.41) is 13.2. The molecule has 0 aromatic heterocycles. The lowest BCUT2D eigenvalue weighted by Crippen LogP contribution is -2.49. The molecule has 1 aliphatic heterocycles. The molecule has 0 aliphatic carbocycles. The fourth-order valence-corrected chi connectivity index (χ4v) is 6.76. The van der Waals surface area contributed by atoms with Crippen LogP contribution in [-0.2, 0) is 16.6 Å². The number of rotatable bonds is 11. The van der Waals surface area contributed by atoms with Crippen molar-refractivity contribution in [1.29, 1.82) is 0 Å². The molecule has 0 radical (unpaired) electrons. The van der Waals surface area contributed by atoms with Crippen molar-refractivity contribution in [3.05, 3.63) is 113 Å². The number of anilines is 3. The fourth-order valence-electron chi connectivity index (χ4n) is 5.58. The van der Waals surface area contributed by atoms with Crippen LogP contribution in [0.4, 0.5) is 17.1 Å². The standard InChI is InChI=1S/C36H40ClN5O6S/c1-23-19-42(24(2)22-43)36(45)30-18-28(40-49(46,47)29-15-12-27(37)13-16-29)14-17-33(30)48-34(23)21-41(3)20-25-8-10-26(11-9-25)35(44)39-32-7-5-4-6-31(32)38/h4-18,23-24,34,40,43H,19-22,38H2,1-3H3,(H,39,44)/t23-,24+,34-/m1/s1. The molecular weight excluding hydrogens is 666 g/mol. The van der Waals surface area contributed by atoms with E-state index in [2.05, 4.69) is 14.9 Å². The molecule has 5 N–H and O–H groups in total. The first kappa shape index (κ1) is 35.7. The Bertz CT molecular complexity index is 1910. The van der Waals surface area contributed by atoms with E-state index in [0.717, 1.165) is 5.56 Å². The van der Waals surface area contributed by atoms with Crippen molar-refractivity contribution in [2.45, 2.75) is 37.4 Å². The summed E-state index contributed by atoms with van der Waals surface area (Å²) in [6.45, 7) is 4.89. The molecule has 4 aromatic carbocycles. The summed E-state index contributed by atoms with van der Waals surface area (Å²) in [5.41, 5.74) is 8.85. The Kier molecular flexibility index (Phi) is 11.1. The van der Waals surface area contributed by atoms with Crippen LogP contribution in [0.25, 0.3) is 0 Å². The number of amides is 2. The van der Waals surface area contributed by atoms with E-state index in [4.69, 9.17) is 22.1 Å². The molecule has 0 saturated heterocycles. The number of aliphatic hydroxyl groups excluding tert-OH is 1. The molecule has 0 fully saturated rings. The second-order valence-corrected chi connectivity index (χ2v) is 14.4. The van der Waals surface area contributed by atoms with E-state index in [1.54, 1.807) is 60.4 Å². The number of halogens is 1. The van der Waals surface area contributed by atoms with Crippen LogP contribution in [0.15, 0.2) is 95.9 Å². The Morgan fingerprint density at radius 3 is 2.45 bits per heavy atom. The minimum absolute atomic E-state index is 0.0222. The summed E-state index contributed by atoms with van der Waals surface area (Å²) in [6, 6.07) is 24.3. The molecule has 49 heavy (non-hydrogen) atoms. The van der Waals surface area contributed by atoms with E-state index in [0.29, 0.717) is 47.3 Å². The largest absolute Gasteiger partial charge is 0.488 e. The van der Waals surface area contributed by atoms with Crippen LogP contribution in [0.1, 0.15) is 40.1 Å². The number of nitrogens with one attached hydrogen (secondary N) is 2. The minimum Gasteiger partial charge on any atom is -0.488 e. The van der Waals surface area contributed by atoms with Crippen LogP contribution in [0.2, 0.25) is 5.02 Å². The molecule has 0 unspecified atom stereocenters. The van der Waals surface area contributed by atoms with Crippen LogP contribution >= 0.6 is 11.6 Å². The van der Waals surface area contributed by atoms with E-state index in [-0.39, 0.29) is 46.6 Å². The van der Waals surface area contributed by atoms with Gasteiger partial charge in [-0.3, -0.25) is 19.2 Å². The van der Waals surface area contributed by atoms with Gasteiger partial charge in [-0.25, -0.2) is 8.42 Å². The normalized spacial score (nSPS) is 17.0. The van der Waals surface area contributed by atoms with Gasteiger partial charge in [0.1, 0.15) is 11.9 Å². The third kappa shape index (κ3) is 8.70. The van der Waals surface area contributed by atoms with Gasteiger partial charge >= 0.3 is 0 Å². The first-order valence-electron chi connectivity index (χ1n) is 15.8. The van der Waals surface area contributed by atoms with Crippen molar-refractivity contribution in [3.63, 3.8) is 0 Å². The van der Waals surface area contributed by atoms with Crippen LogP contribution in [-0.4, -0.2) is 74.0 Å². The Labute approximate surface area is 291 Å². The van der Waals surface area contributed by atoms with Gasteiger partial charge in [-0.2, -0.15) is 0 Å². The van der Waals surface area contributed by atoms with E-state index < -0.39 is 16.1 Å². The number of likely N-dealkylation sites (N-methyl/N-ethyl adjacent to an activating group) is 1. The Morgan fingerprint density at radius 2 is 1.78 bits per heavy atom. The minimum atomic E-state index is -3.96. The maximum Gasteiger partial charge on any atom is 0.261 e. The van der Waals surface area contributed by atoms with Gasteiger partial charge in [0.2, 0.25) is 0 Å². The average molecular weight is 706 g/mol. The van der Waals surface area contributed by atoms with Crippen LogP contribution in [0.5, 0.6) is 5.75 Å². The van der Waals surface area contributed by atoms with Crippen molar-refractivity contribution < 1.29 is 27.9 Å². The number of nitrogens with two attached hydrogens (primary N) is 1. The summed E-state index contributed by atoms with van der Waals surface area (Å²) in [6.07, 6.45) is -0.358. The maximum absolute atomic E-state index is 13.8. The number of para-hydroxylation sites is 2. The monoisotopic (exact) mass is 705 g/mol. The lowest BCUT2D eigenvalue weighted by Gasteiger charge is -2.38. The van der Waals surface area contributed by atoms with Gasteiger partial charge in [-0.05, 0) is 86.3 Å². The van der Waals surface area contributed by atoms with Gasteiger partial charge < -0.3 is 25.8 Å². The summed E-state index contributed by atoms with van der Waals surface area (Å²) in [5.74, 6) is -0.436. The molecule has 13 heteroatoms. The highest BCUT2D eigenvalue weighted by molar-refractivity contribution is 7.92. The Hall–Kier alpha value is -4.62. The number of carbonyl (C=O) groups is 2. The van der Waals surface area contributed by atoms with E-state index in [9.17, 15) is 23.1 Å². The molecule has 258 valence electrons. The molecule has 2 amide bonds. The van der Waals surface area contributed by atoms with Gasteiger partial charge in [0.05, 0.1) is 34.5 Å². The maximum atomic E-state index is 13.8. The number of sulfonamides is 1. The molecule has 1 aliphatic rings. The van der Waals surface area contributed by atoms with Crippen molar-refractivity contribution in [2.24, 2.45) is 5.92 Å². The van der Waals surface area contributed by atoms with Crippen molar-refractivity contribution >= 4 is 50.5 Å². The highest BCUT2D eigenvalue weighted by Gasteiger charge is 2.34. The lowest BCUT2D eigenvalue weighted by atomic mass is 9.99. The van der Waals surface area contributed by atoms with Gasteiger partial charge in [0.25, 0.3) is 21.8 Å². The topological polar surface area (TPSA) is 154 Å².